The summed E-state index contributed by atoms with van der Waals surface area (Å²) < 4.78 is 0. The summed E-state index contributed by atoms with van der Waals surface area (Å²) in [6, 6.07) is 0. The van der Waals surface area contributed by atoms with Crippen LogP contribution in [-0.2, 0) is 4.79 Å². The Balaban J connectivity index is 1.98. The first-order chi connectivity index (χ1) is 6.66. The number of rotatable bonds is 0. The predicted octanol–water partition coefficient (Wildman–Crippen LogP) is 1.36. The molecule has 1 N–H and O–H groups in total. The van der Waals surface area contributed by atoms with Crippen LogP contribution in [0, 0.1) is 11.8 Å². The zero-order valence-electron chi connectivity index (χ0n) is 8.11. The SMILES string of the molecule is O=C1CC[C@@H]2CN(C(=O)O)CC[C@@H]2C1. The number of ketones is 1. The number of Topliss-reactive ketones (excluding diaryl/α,β-unsaturated/α-hetero) is 1. The van der Waals surface area contributed by atoms with Crippen LogP contribution in [0.5, 0.6) is 0 Å². The normalized spacial score (nSPS) is 32.6. The summed E-state index contributed by atoms with van der Waals surface area (Å²) in [4.78, 5) is 23.4. The van der Waals surface area contributed by atoms with Gasteiger partial charge < -0.3 is 10.0 Å². The molecule has 4 heteroatoms. The van der Waals surface area contributed by atoms with Gasteiger partial charge in [0.15, 0.2) is 0 Å². The van der Waals surface area contributed by atoms with Gasteiger partial charge in [0.1, 0.15) is 5.78 Å². The van der Waals surface area contributed by atoms with Crippen LogP contribution in [0.1, 0.15) is 25.7 Å². The van der Waals surface area contributed by atoms with E-state index < -0.39 is 6.09 Å². The van der Waals surface area contributed by atoms with Crippen molar-refractivity contribution < 1.29 is 14.7 Å². The van der Waals surface area contributed by atoms with Gasteiger partial charge in [-0.15, -0.1) is 0 Å². The molecule has 1 heterocycles. The molecule has 1 saturated carbocycles. The van der Waals surface area contributed by atoms with Gasteiger partial charge in [0.05, 0.1) is 0 Å². The smallest absolute Gasteiger partial charge is 0.407 e. The molecule has 78 valence electrons. The number of hydrogen-bond acceptors (Lipinski definition) is 2. The van der Waals surface area contributed by atoms with Gasteiger partial charge >= 0.3 is 6.09 Å². The van der Waals surface area contributed by atoms with E-state index in [1.165, 1.54) is 4.90 Å². The quantitative estimate of drug-likeness (QED) is 0.637. The fourth-order valence-electron chi connectivity index (χ4n) is 2.59. The Morgan fingerprint density at radius 3 is 2.86 bits per heavy atom. The number of piperidine rings is 1. The molecule has 4 nitrogen and oxygen atoms in total. The summed E-state index contributed by atoms with van der Waals surface area (Å²) >= 11 is 0. The maximum atomic E-state index is 11.2. The third kappa shape index (κ3) is 1.74. The number of likely N-dealkylation sites (tertiary alicyclic amines) is 1. The molecular weight excluding hydrogens is 182 g/mol. The Hall–Kier alpha value is -1.06. The monoisotopic (exact) mass is 197 g/mol. The van der Waals surface area contributed by atoms with Gasteiger partial charge in [0.25, 0.3) is 0 Å². The molecule has 0 aromatic carbocycles. The molecule has 2 fully saturated rings. The first-order valence-corrected chi connectivity index (χ1v) is 5.16. The third-order valence-corrected chi connectivity index (χ3v) is 3.45. The highest BCUT2D eigenvalue weighted by molar-refractivity contribution is 5.79. The minimum Gasteiger partial charge on any atom is -0.465 e. The second-order valence-corrected chi connectivity index (χ2v) is 4.32. The first-order valence-electron chi connectivity index (χ1n) is 5.16. The number of carbonyl (C=O) groups excluding carboxylic acids is 1. The van der Waals surface area contributed by atoms with Gasteiger partial charge in [-0.05, 0) is 24.7 Å². The van der Waals surface area contributed by atoms with Gasteiger partial charge in [-0.1, -0.05) is 0 Å². The minimum absolute atomic E-state index is 0.357. The van der Waals surface area contributed by atoms with Gasteiger partial charge in [-0.25, -0.2) is 4.79 Å². The Kier molecular flexibility index (Phi) is 2.44. The van der Waals surface area contributed by atoms with Crippen molar-refractivity contribution in [2.24, 2.45) is 11.8 Å². The van der Waals surface area contributed by atoms with E-state index in [0.29, 0.717) is 43.6 Å². The van der Waals surface area contributed by atoms with Crippen LogP contribution < -0.4 is 0 Å². The van der Waals surface area contributed by atoms with Gasteiger partial charge in [-0.2, -0.15) is 0 Å². The minimum atomic E-state index is -0.819. The van der Waals surface area contributed by atoms with Crippen LogP contribution in [0.3, 0.4) is 0 Å². The molecule has 0 aromatic rings. The number of carbonyl (C=O) groups is 2. The molecule has 1 saturated heterocycles. The Bertz CT molecular complexity index is 264. The maximum Gasteiger partial charge on any atom is 0.407 e. The lowest BCUT2D eigenvalue weighted by molar-refractivity contribution is -0.123. The largest absolute Gasteiger partial charge is 0.465 e. The number of nitrogens with zero attached hydrogens (tertiary/aromatic N) is 1. The van der Waals surface area contributed by atoms with Crippen molar-refractivity contribution in [1.29, 1.82) is 0 Å². The summed E-state index contributed by atoms with van der Waals surface area (Å²) in [5, 5.41) is 8.84. The summed E-state index contributed by atoms with van der Waals surface area (Å²) in [5.74, 6) is 1.24. The number of hydrogen-bond donors (Lipinski definition) is 1. The lowest BCUT2D eigenvalue weighted by Crippen LogP contribution is -2.45. The van der Waals surface area contributed by atoms with Crippen LogP contribution in [0.2, 0.25) is 0 Å². The van der Waals surface area contributed by atoms with E-state index in [0.717, 1.165) is 12.8 Å². The van der Waals surface area contributed by atoms with Crippen molar-refractivity contribution in [2.75, 3.05) is 13.1 Å². The second-order valence-electron chi connectivity index (χ2n) is 4.32. The zero-order chi connectivity index (χ0) is 10.1. The predicted molar refractivity (Wildman–Crippen MR) is 50.1 cm³/mol. The standard InChI is InChI=1S/C10H15NO3/c12-9-2-1-8-6-11(10(13)14)4-3-7(8)5-9/h7-8H,1-6H2,(H,13,14)/t7-,8-/m1/s1. The van der Waals surface area contributed by atoms with Crippen molar-refractivity contribution >= 4 is 11.9 Å². The highest BCUT2D eigenvalue weighted by atomic mass is 16.4. The lowest BCUT2D eigenvalue weighted by atomic mass is 9.75. The molecule has 0 spiro atoms. The molecule has 1 amide bonds. The lowest BCUT2D eigenvalue weighted by Gasteiger charge is -2.39. The van der Waals surface area contributed by atoms with E-state index in [-0.39, 0.29) is 0 Å². The molecule has 0 unspecified atom stereocenters. The van der Waals surface area contributed by atoms with E-state index in [1.54, 1.807) is 0 Å². The van der Waals surface area contributed by atoms with Crippen LogP contribution >= 0.6 is 0 Å². The molecule has 0 aromatic heterocycles. The third-order valence-electron chi connectivity index (χ3n) is 3.45. The molecule has 0 radical (unpaired) electrons. The van der Waals surface area contributed by atoms with Crippen molar-refractivity contribution in [3.05, 3.63) is 0 Å². The average Bonchev–Trinajstić information content (AvgIpc) is 2.16. The van der Waals surface area contributed by atoms with Crippen LogP contribution in [0.25, 0.3) is 0 Å². The second kappa shape index (κ2) is 3.59. The van der Waals surface area contributed by atoms with Crippen molar-refractivity contribution in [3.8, 4) is 0 Å². The molecule has 14 heavy (non-hydrogen) atoms. The fraction of sp³-hybridized carbons (Fsp3) is 0.800. The van der Waals surface area contributed by atoms with Crippen molar-refractivity contribution in [1.82, 2.24) is 4.90 Å². The summed E-state index contributed by atoms with van der Waals surface area (Å²) in [7, 11) is 0. The van der Waals surface area contributed by atoms with Gasteiger partial charge in [0, 0.05) is 25.9 Å². The van der Waals surface area contributed by atoms with Crippen LogP contribution in [0.4, 0.5) is 4.79 Å². The molecule has 1 aliphatic heterocycles. The Labute approximate surface area is 82.9 Å². The topological polar surface area (TPSA) is 57.6 Å². The molecular formula is C10H15NO3. The van der Waals surface area contributed by atoms with E-state index in [4.69, 9.17) is 5.11 Å². The fourth-order valence-corrected chi connectivity index (χ4v) is 2.59. The molecule has 2 rings (SSSR count). The zero-order valence-corrected chi connectivity index (χ0v) is 8.11. The van der Waals surface area contributed by atoms with E-state index in [2.05, 4.69) is 0 Å². The molecule has 0 bridgehead atoms. The Morgan fingerprint density at radius 1 is 1.36 bits per heavy atom. The van der Waals surface area contributed by atoms with E-state index >= 15 is 0 Å². The molecule has 2 atom stereocenters. The van der Waals surface area contributed by atoms with E-state index in [9.17, 15) is 9.59 Å². The Morgan fingerprint density at radius 2 is 2.14 bits per heavy atom. The summed E-state index contributed by atoms with van der Waals surface area (Å²) in [6.45, 7) is 1.23. The van der Waals surface area contributed by atoms with E-state index in [1.807, 2.05) is 0 Å². The van der Waals surface area contributed by atoms with Crippen molar-refractivity contribution in [3.63, 3.8) is 0 Å². The maximum absolute atomic E-state index is 11.2. The van der Waals surface area contributed by atoms with Gasteiger partial charge in [0.2, 0.25) is 0 Å². The summed E-state index contributed by atoms with van der Waals surface area (Å²) in [6.07, 6.45) is 2.25. The molecule has 1 aliphatic carbocycles. The molecule has 2 aliphatic rings. The number of fused-ring (bicyclic) bond motifs is 1. The first kappa shape index (κ1) is 9.49. The average molecular weight is 197 g/mol. The highest BCUT2D eigenvalue weighted by Crippen LogP contribution is 2.34. The number of amides is 1. The summed E-state index contributed by atoms with van der Waals surface area (Å²) in [5.41, 5.74) is 0. The van der Waals surface area contributed by atoms with Crippen LogP contribution in [0.15, 0.2) is 0 Å². The van der Waals surface area contributed by atoms with Crippen LogP contribution in [-0.4, -0.2) is 35.0 Å². The van der Waals surface area contributed by atoms with Crippen molar-refractivity contribution in [2.45, 2.75) is 25.7 Å². The highest BCUT2D eigenvalue weighted by Gasteiger charge is 2.35. The van der Waals surface area contributed by atoms with Gasteiger partial charge in [-0.3, -0.25) is 4.79 Å². The number of carboxylic acid groups (broad SMARTS) is 1.